The average molecular weight is 184 g/mol. The van der Waals surface area contributed by atoms with E-state index in [1.54, 1.807) is 0 Å². The molecule has 1 rings (SSSR count). The Morgan fingerprint density at radius 1 is 1.46 bits per heavy atom. The minimum atomic E-state index is 0.214. The maximum absolute atomic E-state index is 11.4. The Bertz CT molecular complexity index is 176. The van der Waals surface area contributed by atoms with Crippen LogP contribution in [-0.2, 0) is 4.79 Å². The molecule has 1 atom stereocenters. The van der Waals surface area contributed by atoms with E-state index in [2.05, 4.69) is 31.4 Å². The molecule has 2 N–H and O–H groups in total. The molecule has 13 heavy (non-hydrogen) atoms. The number of hydrogen-bond acceptors (Lipinski definition) is 2. The Kier molecular flexibility index (Phi) is 3.72. The molecule has 1 aliphatic heterocycles. The van der Waals surface area contributed by atoms with Gasteiger partial charge in [0.15, 0.2) is 0 Å². The molecule has 0 aromatic rings. The SMILES string of the molecule is CC(C)C(C)CNC(=O)C1CNC1. The lowest BCUT2D eigenvalue weighted by molar-refractivity contribution is -0.126. The molecular weight excluding hydrogens is 164 g/mol. The number of nitrogens with one attached hydrogen (secondary N) is 2. The molecule has 1 saturated heterocycles. The molecule has 76 valence electrons. The molecule has 1 amide bonds. The Morgan fingerprint density at radius 3 is 2.46 bits per heavy atom. The highest BCUT2D eigenvalue weighted by Gasteiger charge is 2.24. The fourth-order valence-electron chi connectivity index (χ4n) is 1.12. The first kappa shape index (κ1) is 10.5. The topological polar surface area (TPSA) is 41.1 Å². The van der Waals surface area contributed by atoms with Crippen LogP contribution in [0.5, 0.6) is 0 Å². The summed E-state index contributed by atoms with van der Waals surface area (Å²) in [7, 11) is 0. The molecule has 1 aliphatic rings. The molecule has 1 unspecified atom stereocenters. The molecule has 0 aliphatic carbocycles. The van der Waals surface area contributed by atoms with Gasteiger partial charge in [-0.25, -0.2) is 0 Å². The van der Waals surface area contributed by atoms with Gasteiger partial charge in [0.2, 0.25) is 5.91 Å². The molecule has 0 aromatic carbocycles. The zero-order chi connectivity index (χ0) is 9.84. The van der Waals surface area contributed by atoms with Gasteiger partial charge in [0.1, 0.15) is 0 Å². The van der Waals surface area contributed by atoms with Crippen molar-refractivity contribution in [2.24, 2.45) is 17.8 Å². The summed E-state index contributed by atoms with van der Waals surface area (Å²) < 4.78 is 0. The molecular formula is C10H20N2O. The highest BCUT2D eigenvalue weighted by Crippen LogP contribution is 2.08. The maximum atomic E-state index is 11.4. The van der Waals surface area contributed by atoms with Crippen LogP contribution < -0.4 is 10.6 Å². The third kappa shape index (κ3) is 2.99. The molecule has 3 heteroatoms. The van der Waals surface area contributed by atoms with Crippen molar-refractivity contribution in [1.29, 1.82) is 0 Å². The summed E-state index contributed by atoms with van der Waals surface area (Å²) in [5, 5.41) is 6.08. The number of hydrogen-bond donors (Lipinski definition) is 2. The smallest absolute Gasteiger partial charge is 0.225 e. The van der Waals surface area contributed by atoms with Gasteiger partial charge < -0.3 is 10.6 Å². The highest BCUT2D eigenvalue weighted by molar-refractivity contribution is 5.79. The van der Waals surface area contributed by atoms with Gasteiger partial charge in [0, 0.05) is 19.6 Å². The molecule has 0 spiro atoms. The number of amides is 1. The summed E-state index contributed by atoms with van der Waals surface area (Å²) in [6, 6.07) is 0. The van der Waals surface area contributed by atoms with Gasteiger partial charge in [-0.1, -0.05) is 20.8 Å². The van der Waals surface area contributed by atoms with Crippen molar-refractivity contribution in [3.8, 4) is 0 Å². The lowest BCUT2D eigenvalue weighted by Gasteiger charge is -2.27. The van der Waals surface area contributed by atoms with Crippen molar-refractivity contribution in [3.05, 3.63) is 0 Å². The molecule has 0 aromatic heterocycles. The second kappa shape index (κ2) is 4.61. The minimum Gasteiger partial charge on any atom is -0.356 e. The highest BCUT2D eigenvalue weighted by atomic mass is 16.2. The van der Waals surface area contributed by atoms with Crippen molar-refractivity contribution in [2.75, 3.05) is 19.6 Å². The number of carbonyl (C=O) groups is 1. The maximum Gasteiger partial charge on any atom is 0.225 e. The molecule has 1 fully saturated rings. The van der Waals surface area contributed by atoms with Gasteiger partial charge in [0.25, 0.3) is 0 Å². The summed E-state index contributed by atoms with van der Waals surface area (Å²) in [6.07, 6.45) is 0. The van der Waals surface area contributed by atoms with E-state index >= 15 is 0 Å². The van der Waals surface area contributed by atoms with E-state index in [1.165, 1.54) is 0 Å². The molecule has 1 heterocycles. The third-order valence-corrected chi connectivity index (χ3v) is 2.89. The summed E-state index contributed by atoms with van der Waals surface area (Å²) in [4.78, 5) is 11.4. The fraction of sp³-hybridized carbons (Fsp3) is 0.900. The van der Waals surface area contributed by atoms with Crippen molar-refractivity contribution in [3.63, 3.8) is 0 Å². The molecule has 3 nitrogen and oxygen atoms in total. The Hall–Kier alpha value is -0.570. The number of rotatable bonds is 4. The Labute approximate surface area is 80.3 Å². The van der Waals surface area contributed by atoms with Crippen molar-refractivity contribution in [1.82, 2.24) is 10.6 Å². The van der Waals surface area contributed by atoms with Crippen molar-refractivity contribution < 1.29 is 4.79 Å². The van der Waals surface area contributed by atoms with E-state index in [0.29, 0.717) is 11.8 Å². The van der Waals surface area contributed by atoms with E-state index in [-0.39, 0.29) is 11.8 Å². The van der Waals surface area contributed by atoms with Crippen LogP contribution in [0.1, 0.15) is 20.8 Å². The van der Waals surface area contributed by atoms with Gasteiger partial charge in [0.05, 0.1) is 5.92 Å². The minimum absolute atomic E-state index is 0.214. The van der Waals surface area contributed by atoms with Gasteiger partial charge in [-0.05, 0) is 11.8 Å². The normalized spacial score (nSPS) is 19.7. The van der Waals surface area contributed by atoms with E-state index < -0.39 is 0 Å². The van der Waals surface area contributed by atoms with E-state index in [9.17, 15) is 4.79 Å². The van der Waals surface area contributed by atoms with Crippen LogP contribution in [0.25, 0.3) is 0 Å². The quantitative estimate of drug-likeness (QED) is 0.672. The lowest BCUT2D eigenvalue weighted by atomic mass is 9.97. The van der Waals surface area contributed by atoms with Gasteiger partial charge >= 0.3 is 0 Å². The first-order valence-electron chi connectivity index (χ1n) is 5.09. The van der Waals surface area contributed by atoms with Crippen LogP contribution in [-0.4, -0.2) is 25.5 Å². The van der Waals surface area contributed by atoms with Crippen LogP contribution >= 0.6 is 0 Å². The van der Waals surface area contributed by atoms with Gasteiger partial charge in [-0.2, -0.15) is 0 Å². The molecule has 0 saturated carbocycles. The van der Waals surface area contributed by atoms with E-state index in [0.717, 1.165) is 19.6 Å². The first-order valence-corrected chi connectivity index (χ1v) is 5.09. The van der Waals surface area contributed by atoms with Crippen molar-refractivity contribution >= 4 is 5.91 Å². The van der Waals surface area contributed by atoms with Gasteiger partial charge in [-0.3, -0.25) is 4.79 Å². The monoisotopic (exact) mass is 184 g/mol. The Morgan fingerprint density at radius 2 is 2.08 bits per heavy atom. The van der Waals surface area contributed by atoms with Crippen LogP contribution in [0, 0.1) is 17.8 Å². The number of carbonyl (C=O) groups excluding carboxylic acids is 1. The summed E-state index contributed by atoms with van der Waals surface area (Å²) in [5.41, 5.74) is 0. The third-order valence-electron chi connectivity index (χ3n) is 2.89. The molecule has 0 bridgehead atoms. The zero-order valence-corrected chi connectivity index (χ0v) is 8.76. The second-order valence-electron chi connectivity index (χ2n) is 4.32. The first-order chi connectivity index (χ1) is 6.11. The summed E-state index contributed by atoms with van der Waals surface area (Å²) in [5.74, 6) is 1.64. The van der Waals surface area contributed by atoms with E-state index in [4.69, 9.17) is 0 Å². The largest absolute Gasteiger partial charge is 0.356 e. The van der Waals surface area contributed by atoms with E-state index in [1.807, 2.05) is 0 Å². The van der Waals surface area contributed by atoms with Crippen LogP contribution in [0.4, 0.5) is 0 Å². The van der Waals surface area contributed by atoms with Crippen LogP contribution in [0.15, 0.2) is 0 Å². The van der Waals surface area contributed by atoms with Crippen LogP contribution in [0.3, 0.4) is 0 Å². The predicted molar refractivity (Wildman–Crippen MR) is 53.4 cm³/mol. The van der Waals surface area contributed by atoms with Crippen LogP contribution in [0.2, 0.25) is 0 Å². The fourth-order valence-corrected chi connectivity index (χ4v) is 1.12. The predicted octanol–water partition coefficient (Wildman–Crippen LogP) is 0.614. The zero-order valence-electron chi connectivity index (χ0n) is 8.76. The average Bonchev–Trinajstić information content (AvgIpc) is 1.96. The Balaban J connectivity index is 2.14. The second-order valence-corrected chi connectivity index (χ2v) is 4.32. The standard InChI is InChI=1S/C10H20N2O/c1-7(2)8(3)4-12-10(13)9-5-11-6-9/h7-9,11H,4-6H2,1-3H3,(H,12,13). The molecule has 0 radical (unpaired) electrons. The lowest BCUT2D eigenvalue weighted by Crippen LogP contribution is -2.51. The van der Waals surface area contributed by atoms with Crippen molar-refractivity contribution in [2.45, 2.75) is 20.8 Å². The van der Waals surface area contributed by atoms with Gasteiger partial charge in [-0.15, -0.1) is 0 Å². The summed E-state index contributed by atoms with van der Waals surface area (Å²) >= 11 is 0. The summed E-state index contributed by atoms with van der Waals surface area (Å²) in [6.45, 7) is 9.05.